The minimum absolute atomic E-state index is 0.0395. The van der Waals surface area contributed by atoms with Crippen molar-refractivity contribution < 1.29 is 9.59 Å². The summed E-state index contributed by atoms with van der Waals surface area (Å²) >= 11 is 3.36. The third-order valence-electron chi connectivity index (χ3n) is 4.09. The second-order valence-corrected chi connectivity index (χ2v) is 7.13. The summed E-state index contributed by atoms with van der Waals surface area (Å²) in [6.45, 7) is 4.71. The van der Waals surface area contributed by atoms with Gasteiger partial charge in [-0.25, -0.2) is 0 Å². The first-order valence-electron chi connectivity index (χ1n) is 7.65. The van der Waals surface area contributed by atoms with Crippen LogP contribution >= 0.6 is 15.9 Å². The summed E-state index contributed by atoms with van der Waals surface area (Å²) in [6.07, 6.45) is 0.999. The number of nitrogens with two attached hydrogens (primary N) is 1. The molecule has 2 rings (SSSR count). The van der Waals surface area contributed by atoms with Crippen LogP contribution in [0.25, 0.3) is 0 Å². The van der Waals surface area contributed by atoms with Gasteiger partial charge in [0.2, 0.25) is 11.8 Å². The van der Waals surface area contributed by atoms with Crippen molar-refractivity contribution in [2.45, 2.75) is 13.3 Å². The van der Waals surface area contributed by atoms with Gasteiger partial charge in [0.15, 0.2) is 0 Å². The van der Waals surface area contributed by atoms with Crippen LogP contribution in [0, 0.1) is 5.41 Å². The van der Waals surface area contributed by atoms with Crippen LogP contribution < -0.4 is 16.4 Å². The average Bonchev–Trinajstić information content (AvgIpc) is 2.89. The van der Waals surface area contributed by atoms with Crippen LogP contribution in [0.3, 0.4) is 0 Å². The summed E-state index contributed by atoms with van der Waals surface area (Å²) in [6, 6.07) is 7.34. The van der Waals surface area contributed by atoms with E-state index in [0.29, 0.717) is 18.8 Å². The molecule has 23 heavy (non-hydrogen) atoms. The van der Waals surface area contributed by atoms with Crippen molar-refractivity contribution in [2.24, 2.45) is 11.1 Å². The molecule has 1 aliphatic heterocycles. The van der Waals surface area contributed by atoms with Gasteiger partial charge in [-0.2, -0.15) is 0 Å². The lowest BCUT2D eigenvalue weighted by molar-refractivity contribution is -0.124. The molecule has 1 heterocycles. The van der Waals surface area contributed by atoms with E-state index in [2.05, 4.69) is 38.4 Å². The second kappa shape index (κ2) is 7.90. The molecule has 1 aromatic carbocycles. The zero-order chi connectivity index (χ0) is 16.9. The topological polar surface area (TPSA) is 87.5 Å². The third kappa shape index (κ3) is 5.30. The maximum atomic E-state index is 11.9. The molecule has 1 aliphatic rings. The highest BCUT2D eigenvalue weighted by Crippen LogP contribution is 2.27. The van der Waals surface area contributed by atoms with Crippen LogP contribution in [-0.4, -0.2) is 49.4 Å². The molecule has 0 aromatic heterocycles. The first-order valence-corrected chi connectivity index (χ1v) is 8.45. The van der Waals surface area contributed by atoms with E-state index >= 15 is 0 Å². The van der Waals surface area contributed by atoms with Crippen molar-refractivity contribution in [1.82, 2.24) is 10.2 Å². The number of carbonyl (C=O) groups is 2. The van der Waals surface area contributed by atoms with Crippen molar-refractivity contribution in [2.75, 3.05) is 38.0 Å². The number of rotatable bonds is 6. The van der Waals surface area contributed by atoms with Crippen LogP contribution in [0.15, 0.2) is 28.7 Å². The van der Waals surface area contributed by atoms with E-state index in [1.165, 1.54) is 0 Å². The number of likely N-dealkylation sites (tertiary alicyclic amines) is 1. The second-order valence-electron chi connectivity index (χ2n) is 6.28. The summed E-state index contributed by atoms with van der Waals surface area (Å²) in [4.78, 5) is 25.9. The summed E-state index contributed by atoms with van der Waals surface area (Å²) in [5.74, 6) is -0.396. The number of anilines is 1. The van der Waals surface area contributed by atoms with E-state index in [0.717, 1.165) is 24.0 Å². The van der Waals surface area contributed by atoms with Gasteiger partial charge in [-0.15, -0.1) is 0 Å². The molecule has 6 nitrogen and oxygen atoms in total. The van der Waals surface area contributed by atoms with Crippen molar-refractivity contribution >= 4 is 33.4 Å². The van der Waals surface area contributed by atoms with E-state index in [9.17, 15) is 9.59 Å². The Kier molecular flexibility index (Phi) is 6.15. The molecule has 7 heteroatoms. The van der Waals surface area contributed by atoms with Gasteiger partial charge in [0.25, 0.3) is 0 Å². The standard InChI is InChI=1S/C16H23BrN4O2/c1-16(10-18)6-7-21(11-16)9-15(23)19-8-14(22)20-13-5-3-2-4-12(13)17/h2-5H,6-11,18H2,1H3,(H,19,23)(H,20,22). The summed E-state index contributed by atoms with van der Waals surface area (Å²) < 4.78 is 0.804. The SMILES string of the molecule is CC1(CN)CCN(CC(=O)NCC(=O)Nc2ccccc2Br)C1. The van der Waals surface area contributed by atoms with E-state index < -0.39 is 0 Å². The Morgan fingerprint density at radius 2 is 2.09 bits per heavy atom. The fraction of sp³-hybridized carbons (Fsp3) is 0.500. The molecule has 0 radical (unpaired) electrons. The van der Waals surface area contributed by atoms with Crippen LogP contribution in [-0.2, 0) is 9.59 Å². The largest absolute Gasteiger partial charge is 0.346 e. The third-order valence-corrected chi connectivity index (χ3v) is 4.78. The predicted octanol–water partition coefficient (Wildman–Crippen LogP) is 1.17. The number of hydrogen-bond donors (Lipinski definition) is 3. The van der Waals surface area contributed by atoms with Gasteiger partial charge >= 0.3 is 0 Å². The molecule has 1 fully saturated rings. The minimum atomic E-state index is -0.251. The fourth-order valence-electron chi connectivity index (χ4n) is 2.62. The summed E-state index contributed by atoms with van der Waals surface area (Å²) in [5.41, 5.74) is 6.54. The van der Waals surface area contributed by atoms with Gasteiger partial charge in [-0.3, -0.25) is 14.5 Å². The van der Waals surface area contributed by atoms with Crippen molar-refractivity contribution in [1.29, 1.82) is 0 Å². The maximum absolute atomic E-state index is 11.9. The normalized spacial score (nSPS) is 21.2. The number of carbonyl (C=O) groups excluding carboxylic acids is 2. The molecule has 0 bridgehead atoms. The molecule has 4 N–H and O–H groups in total. The van der Waals surface area contributed by atoms with Crippen LogP contribution in [0.4, 0.5) is 5.69 Å². The monoisotopic (exact) mass is 382 g/mol. The minimum Gasteiger partial charge on any atom is -0.346 e. The van der Waals surface area contributed by atoms with Crippen molar-refractivity contribution in [3.05, 3.63) is 28.7 Å². The van der Waals surface area contributed by atoms with Crippen molar-refractivity contribution in [3.63, 3.8) is 0 Å². The fourth-order valence-corrected chi connectivity index (χ4v) is 3.01. The Balaban J connectivity index is 1.72. The Morgan fingerprint density at radius 1 is 1.35 bits per heavy atom. The molecule has 1 saturated heterocycles. The first kappa shape index (κ1) is 17.9. The quantitative estimate of drug-likeness (QED) is 0.689. The van der Waals surface area contributed by atoms with Gasteiger partial charge in [-0.1, -0.05) is 19.1 Å². The number of nitrogens with zero attached hydrogens (tertiary/aromatic N) is 1. The van der Waals surface area contributed by atoms with Gasteiger partial charge in [-0.05, 0) is 53.0 Å². The lowest BCUT2D eigenvalue weighted by Gasteiger charge is -2.22. The van der Waals surface area contributed by atoms with Crippen LogP contribution in [0.2, 0.25) is 0 Å². The lowest BCUT2D eigenvalue weighted by atomic mass is 9.90. The molecule has 126 valence electrons. The maximum Gasteiger partial charge on any atom is 0.243 e. The van der Waals surface area contributed by atoms with Gasteiger partial charge in [0, 0.05) is 11.0 Å². The lowest BCUT2D eigenvalue weighted by Crippen LogP contribution is -2.40. The highest BCUT2D eigenvalue weighted by molar-refractivity contribution is 9.10. The Hall–Kier alpha value is -1.44. The molecule has 1 aromatic rings. The van der Waals surface area contributed by atoms with Gasteiger partial charge in [0.05, 0.1) is 18.8 Å². The number of amides is 2. The zero-order valence-electron chi connectivity index (χ0n) is 13.3. The highest BCUT2D eigenvalue weighted by atomic mass is 79.9. The molecule has 0 aliphatic carbocycles. The Bertz CT molecular complexity index is 581. The van der Waals surface area contributed by atoms with E-state index in [1.807, 2.05) is 18.2 Å². The predicted molar refractivity (Wildman–Crippen MR) is 94.0 cm³/mol. The first-order chi connectivity index (χ1) is 10.9. The number of hydrogen-bond acceptors (Lipinski definition) is 4. The smallest absolute Gasteiger partial charge is 0.243 e. The average molecular weight is 383 g/mol. The van der Waals surface area contributed by atoms with Gasteiger partial charge < -0.3 is 16.4 Å². The number of para-hydroxylation sites is 1. The molecule has 2 amide bonds. The van der Waals surface area contributed by atoms with E-state index in [4.69, 9.17) is 5.73 Å². The molecular weight excluding hydrogens is 360 g/mol. The Labute approximate surface area is 144 Å². The van der Waals surface area contributed by atoms with Crippen LogP contribution in [0.1, 0.15) is 13.3 Å². The Morgan fingerprint density at radius 3 is 2.74 bits per heavy atom. The van der Waals surface area contributed by atoms with Crippen LogP contribution in [0.5, 0.6) is 0 Å². The van der Waals surface area contributed by atoms with E-state index in [-0.39, 0.29) is 23.8 Å². The molecule has 1 unspecified atom stereocenters. The van der Waals surface area contributed by atoms with E-state index in [1.54, 1.807) is 6.07 Å². The highest BCUT2D eigenvalue weighted by Gasteiger charge is 2.33. The summed E-state index contributed by atoms with van der Waals surface area (Å²) in [5, 5.41) is 5.41. The zero-order valence-corrected chi connectivity index (χ0v) is 14.9. The van der Waals surface area contributed by atoms with Crippen molar-refractivity contribution in [3.8, 4) is 0 Å². The molecule has 1 atom stereocenters. The molecular formula is C16H23BrN4O2. The van der Waals surface area contributed by atoms with Gasteiger partial charge in [0.1, 0.15) is 0 Å². The number of benzene rings is 1. The number of nitrogens with one attached hydrogen (secondary N) is 2. The summed E-state index contributed by atoms with van der Waals surface area (Å²) in [7, 11) is 0. The number of halogens is 1. The molecule has 0 saturated carbocycles. The molecule has 0 spiro atoms.